The van der Waals surface area contributed by atoms with Crippen molar-refractivity contribution in [2.75, 3.05) is 30.3 Å². The van der Waals surface area contributed by atoms with Crippen LogP contribution in [0, 0.1) is 0 Å². The number of carboxylic acids is 1. The lowest BCUT2D eigenvalue weighted by Gasteiger charge is -2.53. The molecule has 37 heavy (non-hydrogen) atoms. The molecule has 198 valence electrons. The van der Waals surface area contributed by atoms with Crippen LogP contribution in [-0.4, -0.2) is 89.4 Å². The van der Waals surface area contributed by atoms with Gasteiger partial charge in [-0.1, -0.05) is 45.9 Å². The van der Waals surface area contributed by atoms with Crippen molar-refractivity contribution in [3.05, 3.63) is 34.1 Å². The van der Waals surface area contributed by atoms with E-state index in [2.05, 4.69) is 20.4 Å². The highest BCUT2D eigenvalue weighted by Gasteiger charge is 2.58. The standard InChI is InChI=1S/C20H22ClN7O5S4/c21-19-25-10(6-34-5-4-22)17(36-19)37-20(18(31)32)7-28-15(30)13(16(28)35-8-20)26-14(29)12(27-33)9-2-1-3-11(23)24-9/h1-3,13,16,33H,4-8,22H2,(H2,23,24)(H,26,29)(H,31,32)/b27-12-/t13-,16-,20?/m1/s1. The highest BCUT2D eigenvalue weighted by Crippen LogP contribution is 2.49. The fourth-order valence-electron chi connectivity index (χ4n) is 3.70. The summed E-state index contributed by atoms with van der Waals surface area (Å²) in [7, 11) is 0. The molecule has 0 aromatic carbocycles. The molecule has 0 saturated carbocycles. The maximum atomic E-state index is 13.0. The monoisotopic (exact) mass is 603 g/mol. The molecule has 12 nitrogen and oxygen atoms in total. The largest absolute Gasteiger partial charge is 0.480 e. The molecule has 2 saturated heterocycles. The van der Waals surface area contributed by atoms with Gasteiger partial charge in [-0.05, 0) is 12.1 Å². The summed E-state index contributed by atoms with van der Waals surface area (Å²) < 4.78 is -0.322. The third-order valence-corrected chi connectivity index (χ3v) is 11.0. The molecule has 2 aromatic heterocycles. The number of amides is 2. The highest BCUT2D eigenvalue weighted by molar-refractivity contribution is 8.06. The number of nitrogens with zero attached hydrogens (tertiary/aromatic N) is 4. The molecular weight excluding hydrogens is 582 g/mol. The van der Waals surface area contributed by atoms with Crippen molar-refractivity contribution in [2.24, 2.45) is 10.9 Å². The molecule has 2 fully saturated rings. The van der Waals surface area contributed by atoms with Crippen molar-refractivity contribution >= 4 is 87.5 Å². The number of nitrogens with two attached hydrogens (primary N) is 2. The Bertz CT molecular complexity index is 1250. The number of thiazole rings is 1. The molecule has 2 amide bonds. The molecule has 7 N–H and O–H groups in total. The Morgan fingerprint density at radius 3 is 2.84 bits per heavy atom. The predicted octanol–water partition coefficient (Wildman–Crippen LogP) is 1.16. The van der Waals surface area contributed by atoms with E-state index in [4.69, 9.17) is 23.1 Å². The Morgan fingerprint density at radius 1 is 1.38 bits per heavy atom. The van der Waals surface area contributed by atoms with Crippen LogP contribution in [0.25, 0.3) is 0 Å². The molecule has 2 aliphatic rings. The van der Waals surface area contributed by atoms with Crippen molar-refractivity contribution in [1.82, 2.24) is 20.2 Å². The summed E-state index contributed by atoms with van der Waals surface area (Å²) in [5.74, 6) is -0.717. The summed E-state index contributed by atoms with van der Waals surface area (Å²) in [4.78, 5) is 47.9. The first-order chi connectivity index (χ1) is 17.7. The lowest BCUT2D eigenvalue weighted by molar-refractivity contribution is -0.151. The zero-order valence-electron chi connectivity index (χ0n) is 19.0. The first-order valence-electron chi connectivity index (χ1n) is 10.7. The molecule has 1 unspecified atom stereocenters. The smallest absolute Gasteiger partial charge is 0.322 e. The van der Waals surface area contributed by atoms with E-state index in [0.29, 0.717) is 26.7 Å². The number of oxime groups is 1. The molecule has 0 bridgehead atoms. The van der Waals surface area contributed by atoms with Crippen LogP contribution in [0.1, 0.15) is 11.4 Å². The number of nitrogen functional groups attached to an aromatic ring is 1. The van der Waals surface area contributed by atoms with Gasteiger partial charge in [0.25, 0.3) is 5.91 Å². The van der Waals surface area contributed by atoms with Gasteiger partial charge in [0, 0.05) is 30.3 Å². The van der Waals surface area contributed by atoms with Gasteiger partial charge in [0.2, 0.25) is 5.91 Å². The van der Waals surface area contributed by atoms with Crippen LogP contribution in [0.3, 0.4) is 0 Å². The summed E-state index contributed by atoms with van der Waals surface area (Å²) in [6.07, 6.45) is 0. The van der Waals surface area contributed by atoms with E-state index in [-0.39, 0.29) is 23.8 Å². The number of pyridine rings is 1. The van der Waals surface area contributed by atoms with Crippen LogP contribution in [0.2, 0.25) is 4.47 Å². The number of carbonyl (C=O) groups excluding carboxylic acids is 2. The first-order valence-corrected chi connectivity index (χ1v) is 14.9. The molecular formula is C20H22ClN7O5S4. The maximum absolute atomic E-state index is 13.0. The zero-order valence-corrected chi connectivity index (χ0v) is 23.0. The topological polar surface area (TPSA) is 197 Å². The molecule has 3 atom stereocenters. The summed E-state index contributed by atoms with van der Waals surface area (Å²) in [6, 6.07) is 3.60. The normalized spacial score (nSPS) is 23.4. The van der Waals surface area contributed by atoms with Crippen LogP contribution in [0.4, 0.5) is 5.82 Å². The summed E-state index contributed by atoms with van der Waals surface area (Å²) >= 11 is 11.3. The van der Waals surface area contributed by atoms with Gasteiger partial charge in [-0.3, -0.25) is 14.4 Å². The van der Waals surface area contributed by atoms with Crippen LogP contribution in [0.5, 0.6) is 0 Å². The van der Waals surface area contributed by atoms with Gasteiger partial charge in [-0.2, -0.15) is 11.8 Å². The average molecular weight is 604 g/mol. The van der Waals surface area contributed by atoms with Crippen LogP contribution in [0.15, 0.2) is 27.6 Å². The summed E-state index contributed by atoms with van der Waals surface area (Å²) in [5, 5.41) is 24.6. The Balaban J connectivity index is 1.45. The van der Waals surface area contributed by atoms with E-state index in [0.717, 1.165) is 17.5 Å². The lowest BCUT2D eigenvalue weighted by atomic mass is 10.0. The number of aromatic nitrogens is 2. The minimum absolute atomic E-state index is 0.0462. The Labute approximate surface area is 233 Å². The number of carbonyl (C=O) groups is 3. The predicted molar refractivity (Wildman–Crippen MR) is 145 cm³/mol. The Morgan fingerprint density at radius 2 is 2.16 bits per heavy atom. The number of fused-ring (bicyclic) bond motifs is 1. The van der Waals surface area contributed by atoms with E-state index >= 15 is 0 Å². The maximum Gasteiger partial charge on any atom is 0.322 e. The van der Waals surface area contributed by atoms with Crippen LogP contribution < -0.4 is 16.8 Å². The molecule has 4 rings (SSSR count). The molecule has 4 heterocycles. The lowest BCUT2D eigenvalue weighted by Crippen LogP contribution is -2.74. The molecule has 0 radical (unpaired) electrons. The van der Waals surface area contributed by atoms with Gasteiger partial charge in [-0.15, -0.1) is 11.8 Å². The minimum Gasteiger partial charge on any atom is -0.480 e. The second-order valence-corrected chi connectivity index (χ2v) is 13.4. The Kier molecular flexibility index (Phi) is 8.75. The van der Waals surface area contributed by atoms with Gasteiger partial charge in [0.1, 0.15) is 27.7 Å². The Hall–Kier alpha value is -2.24. The van der Waals surface area contributed by atoms with Gasteiger partial charge < -0.3 is 32.0 Å². The number of halogens is 1. The second-order valence-electron chi connectivity index (χ2n) is 7.96. The molecule has 0 aliphatic carbocycles. The van der Waals surface area contributed by atoms with E-state index < -0.39 is 39.7 Å². The minimum atomic E-state index is -1.32. The zero-order chi connectivity index (χ0) is 26.7. The van der Waals surface area contributed by atoms with Crippen molar-refractivity contribution in [3.8, 4) is 0 Å². The first kappa shape index (κ1) is 27.8. The third kappa shape index (κ3) is 5.78. The van der Waals surface area contributed by atoms with Crippen molar-refractivity contribution in [2.45, 2.75) is 26.1 Å². The van der Waals surface area contributed by atoms with Gasteiger partial charge in [-0.25, -0.2) is 9.97 Å². The van der Waals surface area contributed by atoms with E-state index in [1.54, 1.807) is 17.8 Å². The number of rotatable bonds is 10. The van der Waals surface area contributed by atoms with E-state index in [1.807, 2.05) is 0 Å². The highest BCUT2D eigenvalue weighted by atomic mass is 35.5. The fourth-order valence-corrected chi connectivity index (χ4v) is 9.21. The number of carboxylic acid groups (broad SMARTS) is 1. The number of hydrogen-bond donors (Lipinski definition) is 5. The quantitative estimate of drug-likeness (QED) is 0.0855. The van der Waals surface area contributed by atoms with E-state index in [1.165, 1.54) is 40.1 Å². The van der Waals surface area contributed by atoms with Crippen LogP contribution in [-0.2, 0) is 20.1 Å². The molecule has 0 spiro atoms. The van der Waals surface area contributed by atoms with Gasteiger partial charge in [0.05, 0.1) is 9.90 Å². The summed E-state index contributed by atoms with van der Waals surface area (Å²) in [5.41, 5.74) is 11.5. The van der Waals surface area contributed by atoms with Crippen molar-refractivity contribution in [3.63, 3.8) is 0 Å². The third-order valence-electron chi connectivity index (χ3n) is 5.48. The molecule has 2 aliphatic heterocycles. The SMILES string of the molecule is NCCSCc1nc(Cl)sc1SC1(C(=O)O)CS[C@@H]2[C@H](NC(=O)/C(=N\O)c3cccc(N)n3)C(=O)N2C1. The number of nitrogens with one attached hydrogen (secondary N) is 1. The molecule has 17 heteroatoms. The molecule has 2 aromatic rings. The number of β-lactam (4-membered cyclic amide) rings is 1. The van der Waals surface area contributed by atoms with E-state index in [9.17, 15) is 24.7 Å². The second kappa shape index (κ2) is 11.7. The number of anilines is 1. The van der Waals surface area contributed by atoms with Crippen LogP contribution >= 0.6 is 58.2 Å². The average Bonchev–Trinajstić information content (AvgIpc) is 3.21. The number of thioether (sulfide) groups is 3. The number of hydrogen-bond acceptors (Lipinski definition) is 13. The van der Waals surface area contributed by atoms with Crippen molar-refractivity contribution in [1.29, 1.82) is 0 Å². The number of aliphatic carboxylic acids is 1. The van der Waals surface area contributed by atoms with Crippen molar-refractivity contribution < 1.29 is 24.7 Å². The van der Waals surface area contributed by atoms with Gasteiger partial charge in [0.15, 0.2) is 10.2 Å². The summed E-state index contributed by atoms with van der Waals surface area (Å²) in [6.45, 7) is 0.455. The fraction of sp³-hybridized carbons (Fsp3) is 0.400. The van der Waals surface area contributed by atoms with Gasteiger partial charge >= 0.3 is 5.97 Å².